The Hall–Kier alpha value is -4.30. The van der Waals surface area contributed by atoms with E-state index in [2.05, 4.69) is 146 Å². The van der Waals surface area contributed by atoms with E-state index in [0.29, 0.717) is 0 Å². The lowest BCUT2D eigenvalue weighted by Crippen LogP contribution is -2.25. The van der Waals surface area contributed by atoms with E-state index in [9.17, 15) is 0 Å². The first-order valence-electron chi connectivity index (χ1n) is 13.0. The molecule has 0 saturated heterocycles. The van der Waals surface area contributed by atoms with Gasteiger partial charge in [0.2, 0.25) is 0 Å². The molecule has 37 heavy (non-hydrogen) atoms. The second kappa shape index (κ2) is 8.11. The molecule has 0 radical (unpaired) electrons. The van der Waals surface area contributed by atoms with Gasteiger partial charge < -0.3 is 9.80 Å². The van der Waals surface area contributed by atoms with Crippen LogP contribution in [-0.2, 0) is 12.0 Å². The molecule has 0 heterocycles. The third kappa shape index (κ3) is 3.05. The summed E-state index contributed by atoms with van der Waals surface area (Å²) in [6.07, 6.45) is 0. The van der Waals surface area contributed by atoms with Gasteiger partial charge in [-0.1, -0.05) is 91.0 Å². The first-order chi connectivity index (χ1) is 18.1. The van der Waals surface area contributed by atoms with Crippen LogP contribution in [0.5, 0.6) is 0 Å². The smallest absolute Gasteiger partial charge is 0.0725 e. The van der Waals surface area contributed by atoms with Crippen molar-refractivity contribution < 1.29 is 0 Å². The van der Waals surface area contributed by atoms with Crippen LogP contribution < -0.4 is 9.80 Å². The summed E-state index contributed by atoms with van der Waals surface area (Å²) in [6, 6.07) is 42.9. The van der Waals surface area contributed by atoms with Gasteiger partial charge in [0, 0.05) is 39.1 Å². The zero-order valence-electron chi connectivity index (χ0n) is 21.6. The number of benzene rings is 5. The first-order valence-corrected chi connectivity index (χ1v) is 13.0. The van der Waals surface area contributed by atoms with E-state index in [0.717, 1.165) is 6.54 Å². The Labute approximate surface area is 219 Å². The second-order valence-corrected chi connectivity index (χ2v) is 10.5. The molecule has 0 unspecified atom stereocenters. The Morgan fingerprint density at radius 1 is 0.486 bits per heavy atom. The van der Waals surface area contributed by atoms with Crippen molar-refractivity contribution in [2.75, 3.05) is 30.9 Å². The molecule has 2 nitrogen and oxygen atoms in total. The van der Waals surface area contributed by atoms with Gasteiger partial charge in [0.15, 0.2) is 0 Å². The quantitative estimate of drug-likeness (QED) is 0.255. The zero-order chi connectivity index (χ0) is 25.1. The minimum absolute atomic E-state index is 0.260. The van der Waals surface area contributed by atoms with Crippen LogP contribution in [0, 0.1) is 0 Å². The average Bonchev–Trinajstić information content (AvgIpc) is 3.40. The monoisotopic (exact) mass is 478 g/mol. The van der Waals surface area contributed by atoms with Crippen molar-refractivity contribution in [3.05, 3.63) is 143 Å². The predicted octanol–water partition coefficient (Wildman–Crippen LogP) is 7.73. The molecule has 180 valence electrons. The lowest BCUT2D eigenvalue weighted by molar-refractivity contribution is 0.792. The predicted molar refractivity (Wildman–Crippen MR) is 156 cm³/mol. The van der Waals surface area contributed by atoms with E-state index in [-0.39, 0.29) is 5.41 Å². The Morgan fingerprint density at radius 2 is 1.00 bits per heavy atom. The first kappa shape index (κ1) is 21.9. The van der Waals surface area contributed by atoms with E-state index in [1.807, 2.05) is 0 Å². The van der Waals surface area contributed by atoms with Gasteiger partial charge in [0.05, 0.1) is 5.41 Å². The summed E-state index contributed by atoms with van der Waals surface area (Å²) in [7, 11) is 6.36. The van der Waals surface area contributed by atoms with Crippen molar-refractivity contribution in [2.24, 2.45) is 0 Å². The minimum atomic E-state index is -0.260. The van der Waals surface area contributed by atoms with E-state index in [4.69, 9.17) is 0 Å². The Bertz CT molecular complexity index is 1620. The van der Waals surface area contributed by atoms with Crippen LogP contribution in [0.3, 0.4) is 0 Å². The summed E-state index contributed by atoms with van der Waals surface area (Å²) >= 11 is 0. The number of fused-ring (bicyclic) bond motifs is 10. The summed E-state index contributed by atoms with van der Waals surface area (Å²) in [5.74, 6) is 0. The molecule has 5 aromatic rings. The van der Waals surface area contributed by atoms with Crippen molar-refractivity contribution in [2.45, 2.75) is 12.0 Å². The summed E-state index contributed by atoms with van der Waals surface area (Å²) in [5.41, 5.74) is 14.5. The van der Waals surface area contributed by atoms with Gasteiger partial charge in [-0.25, -0.2) is 0 Å². The zero-order valence-corrected chi connectivity index (χ0v) is 21.6. The van der Waals surface area contributed by atoms with E-state index in [1.165, 1.54) is 61.4 Å². The average molecular weight is 479 g/mol. The van der Waals surface area contributed by atoms with Gasteiger partial charge in [0.25, 0.3) is 0 Å². The standard InChI is InChI=1S/C35H30N2/c1-36(2)25-11-10-12-26(22-25)37(3)23-24-19-20-34-30(21-24)29-15-6-9-18-33(29)35(34)31-16-7-4-13-27(31)28-14-5-8-17-32(28)35/h4-22H,23H2,1-3H3. The largest absolute Gasteiger partial charge is 0.378 e. The highest BCUT2D eigenvalue weighted by atomic mass is 15.1. The number of nitrogens with zero attached hydrogens (tertiary/aromatic N) is 2. The molecule has 2 aliphatic carbocycles. The maximum atomic E-state index is 2.43. The molecule has 0 saturated carbocycles. The van der Waals surface area contributed by atoms with Gasteiger partial charge in [-0.3, -0.25) is 0 Å². The van der Waals surface area contributed by atoms with Crippen LogP contribution in [0.4, 0.5) is 11.4 Å². The molecule has 5 aromatic carbocycles. The second-order valence-electron chi connectivity index (χ2n) is 10.5. The molecule has 0 N–H and O–H groups in total. The highest BCUT2D eigenvalue weighted by Crippen LogP contribution is 2.62. The van der Waals surface area contributed by atoms with Gasteiger partial charge >= 0.3 is 0 Å². The molecule has 0 atom stereocenters. The lowest BCUT2D eigenvalue weighted by atomic mass is 9.70. The van der Waals surface area contributed by atoms with E-state index in [1.54, 1.807) is 0 Å². The maximum Gasteiger partial charge on any atom is 0.0725 e. The molecular formula is C35H30N2. The van der Waals surface area contributed by atoms with Crippen LogP contribution in [0.2, 0.25) is 0 Å². The Morgan fingerprint density at radius 3 is 1.59 bits per heavy atom. The normalized spacial score (nSPS) is 13.6. The van der Waals surface area contributed by atoms with Crippen molar-refractivity contribution >= 4 is 11.4 Å². The number of hydrogen-bond donors (Lipinski definition) is 0. The van der Waals surface area contributed by atoms with Gasteiger partial charge in [-0.15, -0.1) is 0 Å². The molecular weight excluding hydrogens is 448 g/mol. The molecule has 1 spiro atoms. The Balaban J connectivity index is 1.38. The molecule has 0 aliphatic heterocycles. The van der Waals surface area contributed by atoms with E-state index >= 15 is 0 Å². The molecule has 0 amide bonds. The van der Waals surface area contributed by atoms with Crippen LogP contribution in [-0.4, -0.2) is 21.1 Å². The molecule has 7 rings (SSSR count). The summed E-state index contributed by atoms with van der Waals surface area (Å²) in [4.78, 5) is 4.49. The number of rotatable bonds is 4. The van der Waals surface area contributed by atoms with Crippen LogP contribution >= 0.6 is 0 Å². The number of anilines is 2. The molecule has 2 heteroatoms. The molecule has 0 aromatic heterocycles. The molecule has 0 fully saturated rings. The van der Waals surface area contributed by atoms with Crippen molar-refractivity contribution in [1.29, 1.82) is 0 Å². The molecule has 2 aliphatic rings. The Kier molecular flexibility index (Phi) is 4.81. The fourth-order valence-electron chi connectivity index (χ4n) is 6.62. The van der Waals surface area contributed by atoms with E-state index < -0.39 is 0 Å². The van der Waals surface area contributed by atoms with Crippen LogP contribution in [0.25, 0.3) is 22.3 Å². The fraction of sp³-hybridized carbons (Fsp3) is 0.143. The van der Waals surface area contributed by atoms with Gasteiger partial charge in [-0.2, -0.15) is 0 Å². The SMILES string of the molecule is CN(C)c1cccc(N(C)Cc2ccc3c(c2)-c2ccccc2C32c3ccccc3-c3ccccc32)c1. The van der Waals surface area contributed by atoms with Crippen molar-refractivity contribution in [3.63, 3.8) is 0 Å². The third-order valence-corrected chi connectivity index (χ3v) is 8.27. The van der Waals surface area contributed by atoms with Crippen molar-refractivity contribution in [1.82, 2.24) is 0 Å². The number of hydrogen-bond acceptors (Lipinski definition) is 2. The van der Waals surface area contributed by atoms with Crippen molar-refractivity contribution in [3.8, 4) is 22.3 Å². The third-order valence-electron chi connectivity index (χ3n) is 8.27. The maximum absolute atomic E-state index is 2.43. The minimum Gasteiger partial charge on any atom is -0.378 e. The summed E-state index contributed by atoms with van der Waals surface area (Å²) < 4.78 is 0. The summed E-state index contributed by atoms with van der Waals surface area (Å²) in [6.45, 7) is 0.854. The van der Waals surface area contributed by atoms with Gasteiger partial charge in [0.1, 0.15) is 0 Å². The summed E-state index contributed by atoms with van der Waals surface area (Å²) in [5, 5.41) is 0. The van der Waals surface area contributed by atoms with Crippen LogP contribution in [0.1, 0.15) is 27.8 Å². The lowest BCUT2D eigenvalue weighted by Gasteiger charge is -2.30. The van der Waals surface area contributed by atoms with Crippen LogP contribution in [0.15, 0.2) is 115 Å². The van der Waals surface area contributed by atoms with Gasteiger partial charge in [-0.05, 0) is 74.3 Å². The highest BCUT2D eigenvalue weighted by Gasteiger charge is 2.51. The highest BCUT2D eigenvalue weighted by molar-refractivity contribution is 5.95. The molecule has 0 bridgehead atoms. The topological polar surface area (TPSA) is 6.48 Å². The fourth-order valence-corrected chi connectivity index (χ4v) is 6.62.